The summed E-state index contributed by atoms with van der Waals surface area (Å²) in [5.41, 5.74) is 0.277. The van der Waals surface area contributed by atoms with Crippen LogP contribution in [0.1, 0.15) is 51.5 Å². The van der Waals surface area contributed by atoms with Crippen molar-refractivity contribution < 1.29 is 8.78 Å². The second-order valence-corrected chi connectivity index (χ2v) is 6.63. The Morgan fingerprint density at radius 1 is 1.05 bits per heavy atom. The molecule has 118 valence electrons. The highest BCUT2D eigenvalue weighted by molar-refractivity contribution is 5.20. The van der Waals surface area contributed by atoms with Crippen LogP contribution in [0.5, 0.6) is 0 Å². The summed E-state index contributed by atoms with van der Waals surface area (Å²) in [6.07, 6.45) is 6.44. The van der Waals surface area contributed by atoms with E-state index in [1.165, 1.54) is 43.9 Å². The van der Waals surface area contributed by atoms with Crippen LogP contribution < -0.4 is 5.32 Å². The SMILES string of the molecule is CC(C)NCC1CCCCCC1Cc1c(F)cccc1F. The van der Waals surface area contributed by atoms with Gasteiger partial charge in [0.2, 0.25) is 0 Å². The van der Waals surface area contributed by atoms with Gasteiger partial charge in [-0.3, -0.25) is 0 Å². The van der Waals surface area contributed by atoms with Crippen molar-refractivity contribution in [1.82, 2.24) is 5.32 Å². The molecule has 0 radical (unpaired) electrons. The van der Waals surface area contributed by atoms with Crippen LogP contribution >= 0.6 is 0 Å². The largest absolute Gasteiger partial charge is 0.314 e. The van der Waals surface area contributed by atoms with E-state index in [1.54, 1.807) is 0 Å². The van der Waals surface area contributed by atoms with Crippen molar-refractivity contribution in [3.8, 4) is 0 Å². The van der Waals surface area contributed by atoms with Crippen LogP contribution in [0.3, 0.4) is 0 Å². The Morgan fingerprint density at radius 3 is 2.29 bits per heavy atom. The fraction of sp³-hybridized carbons (Fsp3) is 0.667. The van der Waals surface area contributed by atoms with Gasteiger partial charge in [-0.15, -0.1) is 0 Å². The first-order valence-electron chi connectivity index (χ1n) is 8.24. The van der Waals surface area contributed by atoms with E-state index in [-0.39, 0.29) is 5.56 Å². The predicted molar refractivity (Wildman–Crippen MR) is 83.3 cm³/mol. The number of halogens is 2. The van der Waals surface area contributed by atoms with Crippen molar-refractivity contribution in [2.75, 3.05) is 6.54 Å². The fourth-order valence-corrected chi connectivity index (χ4v) is 3.38. The molecule has 1 aliphatic carbocycles. The molecular formula is C18H27F2N. The molecule has 1 aliphatic rings. The lowest BCUT2D eigenvalue weighted by Crippen LogP contribution is -2.33. The molecule has 0 spiro atoms. The molecule has 2 unspecified atom stereocenters. The maximum Gasteiger partial charge on any atom is 0.129 e. The second-order valence-electron chi connectivity index (χ2n) is 6.63. The molecule has 1 fully saturated rings. The van der Waals surface area contributed by atoms with Crippen molar-refractivity contribution in [2.24, 2.45) is 11.8 Å². The van der Waals surface area contributed by atoms with Gasteiger partial charge >= 0.3 is 0 Å². The first-order valence-corrected chi connectivity index (χ1v) is 8.24. The van der Waals surface area contributed by atoms with Crippen LogP contribution in [-0.2, 0) is 6.42 Å². The van der Waals surface area contributed by atoms with Crippen molar-refractivity contribution in [1.29, 1.82) is 0 Å². The zero-order chi connectivity index (χ0) is 15.2. The van der Waals surface area contributed by atoms with E-state index in [0.29, 0.717) is 24.3 Å². The molecule has 0 heterocycles. The maximum atomic E-state index is 13.9. The number of hydrogen-bond donors (Lipinski definition) is 1. The van der Waals surface area contributed by atoms with Crippen LogP contribution in [-0.4, -0.2) is 12.6 Å². The third kappa shape index (κ3) is 4.77. The molecule has 1 aromatic carbocycles. The van der Waals surface area contributed by atoms with Crippen molar-refractivity contribution >= 4 is 0 Å². The highest BCUT2D eigenvalue weighted by atomic mass is 19.1. The summed E-state index contributed by atoms with van der Waals surface area (Å²) in [7, 11) is 0. The van der Waals surface area contributed by atoms with E-state index in [4.69, 9.17) is 0 Å². The van der Waals surface area contributed by atoms with Gasteiger partial charge in [0, 0.05) is 11.6 Å². The summed E-state index contributed by atoms with van der Waals surface area (Å²) in [5, 5.41) is 3.50. The number of rotatable bonds is 5. The van der Waals surface area contributed by atoms with Gasteiger partial charge in [0.25, 0.3) is 0 Å². The van der Waals surface area contributed by atoms with Crippen LogP contribution in [0.15, 0.2) is 18.2 Å². The first-order chi connectivity index (χ1) is 10.1. The molecule has 0 aromatic heterocycles. The zero-order valence-electron chi connectivity index (χ0n) is 13.2. The molecule has 1 saturated carbocycles. The standard InChI is InChI=1S/C18H27F2N/c1-13(2)21-12-15-8-5-3-4-7-14(15)11-16-17(19)9-6-10-18(16)20/h6,9-10,13-15,21H,3-5,7-8,11-12H2,1-2H3. The monoisotopic (exact) mass is 295 g/mol. The quantitative estimate of drug-likeness (QED) is 0.776. The lowest BCUT2D eigenvalue weighted by molar-refractivity contribution is 0.286. The Kier molecular flexibility index (Phi) is 6.16. The summed E-state index contributed by atoms with van der Waals surface area (Å²) in [6, 6.07) is 4.64. The topological polar surface area (TPSA) is 12.0 Å². The van der Waals surface area contributed by atoms with Crippen molar-refractivity contribution in [3.63, 3.8) is 0 Å². The fourth-order valence-electron chi connectivity index (χ4n) is 3.38. The molecule has 2 rings (SSSR count). The van der Waals surface area contributed by atoms with Crippen LogP contribution in [0.4, 0.5) is 8.78 Å². The first kappa shape index (κ1) is 16.4. The Morgan fingerprint density at radius 2 is 1.67 bits per heavy atom. The van der Waals surface area contributed by atoms with Gasteiger partial charge in [0.15, 0.2) is 0 Å². The molecule has 1 nitrogen and oxygen atoms in total. The third-order valence-electron chi connectivity index (χ3n) is 4.63. The summed E-state index contributed by atoms with van der Waals surface area (Å²) < 4.78 is 27.8. The molecule has 1 aromatic rings. The van der Waals surface area contributed by atoms with Gasteiger partial charge in [-0.2, -0.15) is 0 Å². The van der Waals surface area contributed by atoms with Gasteiger partial charge in [-0.25, -0.2) is 8.78 Å². The number of hydrogen-bond acceptors (Lipinski definition) is 1. The van der Waals surface area contributed by atoms with Crippen molar-refractivity contribution in [2.45, 2.75) is 58.4 Å². The highest BCUT2D eigenvalue weighted by Crippen LogP contribution is 2.32. The summed E-state index contributed by atoms with van der Waals surface area (Å²) in [6.45, 7) is 5.24. The Labute approximate surface area is 127 Å². The van der Waals surface area contributed by atoms with Gasteiger partial charge in [-0.1, -0.05) is 39.2 Å². The molecule has 21 heavy (non-hydrogen) atoms. The minimum absolute atomic E-state index is 0.277. The van der Waals surface area contributed by atoms with E-state index < -0.39 is 11.6 Å². The lowest BCUT2D eigenvalue weighted by atomic mass is 9.83. The minimum Gasteiger partial charge on any atom is -0.314 e. The molecule has 3 heteroatoms. The molecule has 0 amide bonds. The van der Waals surface area contributed by atoms with E-state index in [0.717, 1.165) is 13.0 Å². The summed E-state index contributed by atoms with van der Waals surface area (Å²) in [5.74, 6) is 0.115. The molecule has 0 bridgehead atoms. The molecule has 2 atom stereocenters. The van der Waals surface area contributed by atoms with Gasteiger partial charge in [0.1, 0.15) is 11.6 Å². The Balaban J connectivity index is 2.09. The van der Waals surface area contributed by atoms with Gasteiger partial charge in [0.05, 0.1) is 0 Å². The molecule has 1 N–H and O–H groups in total. The van der Waals surface area contributed by atoms with E-state index in [2.05, 4.69) is 19.2 Å². The second kappa shape index (κ2) is 7.88. The average molecular weight is 295 g/mol. The van der Waals surface area contributed by atoms with Gasteiger partial charge in [-0.05, 0) is 49.8 Å². The zero-order valence-corrected chi connectivity index (χ0v) is 13.2. The number of nitrogens with one attached hydrogen (secondary N) is 1. The minimum atomic E-state index is -0.394. The van der Waals surface area contributed by atoms with E-state index in [9.17, 15) is 8.78 Å². The predicted octanol–water partition coefficient (Wildman–Crippen LogP) is 4.70. The Hall–Kier alpha value is -0.960. The van der Waals surface area contributed by atoms with Crippen LogP contribution in [0.2, 0.25) is 0 Å². The Bertz CT molecular complexity index is 425. The van der Waals surface area contributed by atoms with E-state index in [1.807, 2.05) is 0 Å². The highest BCUT2D eigenvalue weighted by Gasteiger charge is 2.26. The van der Waals surface area contributed by atoms with Crippen LogP contribution in [0, 0.1) is 23.5 Å². The normalized spacial score (nSPS) is 23.3. The van der Waals surface area contributed by atoms with Gasteiger partial charge < -0.3 is 5.32 Å². The number of benzene rings is 1. The molecular weight excluding hydrogens is 268 g/mol. The third-order valence-corrected chi connectivity index (χ3v) is 4.63. The van der Waals surface area contributed by atoms with Crippen molar-refractivity contribution in [3.05, 3.63) is 35.4 Å². The summed E-state index contributed by atoms with van der Waals surface area (Å²) >= 11 is 0. The molecule has 0 aliphatic heterocycles. The maximum absolute atomic E-state index is 13.9. The molecule has 0 saturated heterocycles. The lowest BCUT2D eigenvalue weighted by Gasteiger charge is -2.27. The average Bonchev–Trinajstić information content (AvgIpc) is 2.66. The smallest absolute Gasteiger partial charge is 0.129 e. The van der Waals surface area contributed by atoms with E-state index >= 15 is 0 Å². The summed E-state index contributed by atoms with van der Waals surface area (Å²) in [4.78, 5) is 0. The van der Waals surface area contributed by atoms with Crippen LogP contribution in [0.25, 0.3) is 0 Å².